The SMILES string of the molecule is CC(=O)NCc1nc2ccccc2n1CC(=O)Nc1cccc(C)c1C. The van der Waals surface area contributed by atoms with Gasteiger partial charge in [-0.1, -0.05) is 24.3 Å². The van der Waals surface area contributed by atoms with E-state index in [1.54, 1.807) is 0 Å². The average molecular weight is 350 g/mol. The molecule has 3 aromatic rings. The van der Waals surface area contributed by atoms with Crippen molar-refractivity contribution in [1.82, 2.24) is 14.9 Å². The van der Waals surface area contributed by atoms with Crippen LogP contribution in [-0.2, 0) is 22.7 Å². The summed E-state index contributed by atoms with van der Waals surface area (Å²) in [6, 6.07) is 13.5. The van der Waals surface area contributed by atoms with Crippen molar-refractivity contribution < 1.29 is 9.59 Å². The first-order valence-electron chi connectivity index (χ1n) is 8.50. The molecule has 0 aliphatic carbocycles. The lowest BCUT2D eigenvalue weighted by molar-refractivity contribution is -0.119. The van der Waals surface area contributed by atoms with Crippen molar-refractivity contribution in [2.45, 2.75) is 33.9 Å². The lowest BCUT2D eigenvalue weighted by Gasteiger charge is -2.13. The number of rotatable bonds is 5. The molecule has 0 spiro atoms. The minimum absolute atomic E-state index is 0.128. The number of anilines is 1. The fourth-order valence-electron chi connectivity index (χ4n) is 2.86. The summed E-state index contributed by atoms with van der Waals surface area (Å²) in [5.41, 5.74) is 4.65. The van der Waals surface area contributed by atoms with Gasteiger partial charge in [-0.2, -0.15) is 0 Å². The Morgan fingerprint density at radius 1 is 1.08 bits per heavy atom. The van der Waals surface area contributed by atoms with Crippen LogP contribution >= 0.6 is 0 Å². The van der Waals surface area contributed by atoms with E-state index in [1.807, 2.05) is 60.9 Å². The number of carbonyl (C=O) groups excluding carboxylic acids is 2. The van der Waals surface area contributed by atoms with Gasteiger partial charge in [0.05, 0.1) is 17.6 Å². The van der Waals surface area contributed by atoms with Gasteiger partial charge >= 0.3 is 0 Å². The van der Waals surface area contributed by atoms with Crippen molar-refractivity contribution in [3.05, 3.63) is 59.4 Å². The second-order valence-corrected chi connectivity index (χ2v) is 6.31. The Labute approximate surface area is 152 Å². The minimum Gasteiger partial charge on any atom is -0.349 e. The third kappa shape index (κ3) is 3.74. The summed E-state index contributed by atoms with van der Waals surface area (Å²) >= 11 is 0. The second kappa shape index (κ2) is 7.39. The Kier molecular flexibility index (Phi) is 5.02. The first-order valence-corrected chi connectivity index (χ1v) is 8.50. The number of hydrogen-bond acceptors (Lipinski definition) is 3. The molecule has 6 nitrogen and oxygen atoms in total. The molecule has 134 valence electrons. The van der Waals surface area contributed by atoms with Crippen LogP contribution in [0.3, 0.4) is 0 Å². The van der Waals surface area contributed by atoms with Gasteiger partial charge in [0.1, 0.15) is 12.4 Å². The van der Waals surface area contributed by atoms with E-state index >= 15 is 0 Å². The van der Waals surface area contributed by atoms with Crippen LogP contribution in [-0.4, -0.2) is 21.4 Å². The zero-order valence-electron chi connectivity index (χ0n) is 15.2. The Hall–Kier alpha value is -3.15. The number of aryl methyl sites for hydroxylation is 1. The molecule has 0 fully saturated rings. The number of carbonyl (C=O) groups is 2. The van der Waals surface area contributed by atoms with E-state index in [9.17, 15) is 9.59 Å². The van der Waals surface area contributed by atoms with Crippen molar-refractivity contribution in [1.29, 1.82) is 0 Å². The highest BCUT2D eigenvalue weighted by molar-refractivity contribution is 5.92. The number of hydrogen-bond donors (Lipinski definition) is 2. The van der Waals surface area contributed by atoms with E-state index in [-0.39, 0.29) is 24.9 Å². The van der Waals surface area contributed by atoms with Crippen LogP contribution in [0.1, 0.15) is 23.9 Å². The molecule has 0 aliphatic heterocycles. The lowest BCUT2D eigenvalue weighted by Crippen LogP contribution is -2.25. The third-order valence-electron chi connectivity index (χ3n) is 4.41. The molecule has 0 unspecified atom stereocenters. The molecule has 2 amide bonds. The summed E-state index contributed by atoms with van der Waals surface area (Å²) in [5.74, 6) is 0.381. The minimum atomic E-state index is -0.136. The molecule has 3 rings (SSSR count). The van der Waals surface area contributed by atoms with Gasteiger partial charge in [-0.15, -0.1) is 0 Å². The number of aromatic nitrogens is 2. The molecule has 0 atom stereocenters. The van der Waals surface area contributed by atoms with Crippen LogP contribution in [0.5, 0.6) is 0 Å². The summed E-state index contributed by atoms with van der Waals surface area (Å²) < 4.78 is 1.84. The number of benzene rings is 2. The fourth-order valence-corrected chi connectivity index (χ4v) is 2.86. The summed E-state index contributed by atoms with van der Waals surface area (Å²) in [6.07, 6.45) is 0. The fraction of sp³-hybridized carbons (Fsp3) is 0.250. The van der Waals surface area contributed by atoms with Crippen molar-refractivity contribution in [3.63, 3.8) is 0 Å². The van der Waals surface area contributed by atoms with Crippen LogP contribution in [0.4, 0.5) is 5.69 Å². The van der Waals surface area contributed by atoms with Crippen molar-refractivity contribution in [3.8, 4) is 0 Å². The van der Waals surface area contributed by atoms with E-state index in [4.69, 9.17) is 0 Å². The molecule has 0 bridgehead atoms. The predicted octanol–water partition coefficient (Wildman–Crippen LogP) is 2.93. The van der Waals surface area contributed by atoms with E-state index in [0.29, 0.717) is 5.82 Å². The number of amides is 2. The predicted molar refractivity (Wildman–Crippen MR) is 102 cm³/mol. The number of nitrogens with one attached hydrogen (secondary N) is 2. The number of para-hydroxylation sites is 2. The lowest BCUT2D eigenvalue weighted by atomic mass is 10.1. The summed E-state index contributed by atoms with van der Waals surface area (Å²) in [7, 11) is 0. The van der Waals surface area contributed by atoms with Gasteiger partial charge in [0.2, 0.25) is 11.8 Å². The topological polar surface area (TPSA) is 76.0 Å². The highest BCUT2D eigenvalue weighted by Crippen LogP contribution is 2.19. The molecule has 1 aromatic heterocycles. The Morgan fingerprint density at radius 2 is 1.85 bits per heavy atom. The Balaban J connectivity index is 1.86. The van der Waals surface area contributed by atoms with Crippen LogP contribution in [0.2, 0.25) is 0 Å². The quantitative estimate of drug-likeness (QED) is 0.743. The first-order chi connectivity index (χ1) is 12.5. The van der Waals surface area contributed by atoms with Crippen molar-refractivity contribution in [2.75, 3.05) is 5.32 Å². The van der Waals surface area contributed by atoms with Gasteiger partial charge in [-0.3, -0.25) is 9.59 Å². The average Bonchev–Trinajstić information content (AvgIpc) is 2.95. The highest BCUT2D eigenvalue weighted by atomic mass is 16.2. The highest BCUT2D eigenvalue weighted by Gasteiger charge is 2.14. The largest absolute Gasteiger partial charge is 0.349 e. The number of nitrogens with zero attached hydrogens (tertiary/aromatic N) is 2. The van der Waals surface area contributed by atoms with Crippen LogP contribution in [0.15, 0.2) is 42.5 Å². The third-order valence-corrected chi connectivity index (χ3v) is 4.41. The van der Waals surface area contributed by atoms with Gasteiger partial charge < -0.3 is 15.2 Å². The van der Waals surface area contributed by atoms with Gasteiger partial charge in [0.25, 0.3) is 0 Å². The van der Waals surface area contributed by atoms with Gasteiger partial charge in [0.15, 0.2) is 0 Å². The van der Waals surface area contributed by atoms with E-state index in [0.717, 1.165) is 27.8 Å². The molecule has 0 radical (unpaired) electrons. The number of imidazole rings is 1. The molecular formula is C20H22N4O2. The molecule has 2 aromatic carbocycles. The maximum Gasteiger partial charge on any atom is 0.244 e. The maximum absolute atomic E-state index is 12.6. The first kappa shape index (κ1) is 17.7. The second-order valence-electron chi connectivity index (χ2n) is 6.31. The van der Waals surface area contributed by atoms with Gasteiger partial charge in [0, 0.05) is 12.6 Å². The van der Waals surface area contributed by atoms with Gasteiger partial charge in [-0.05, 0) is 43.2 Å². The zero-order valence-corrected chi connectivity index (χ0v) is 15.2. The van der Waals surface area contributed by atoms with Crippen LogP contribution < -0.4 is 10.6 Å². The summed E-state index contributed by atoms with van der Waals surface area (Å²) in [4.78, 5) is 28.4. The normalized spacial score (nSPS) is 10.7. The molecule has 6 heteroatoms. The maximum atomic E-state index is 12.6. The van der Waals surface area contributed by atoms with E-state index in [1.165, 1.54) is 6.92 Å². The summed E-state index contributed by atoms with van der Waals surface area (Å²) in [6.45, 7) is 5.86. The van der Waals surface area contributed by atoms with Crippen molar-refractivity contribution >= 4 is 28.5 Å². The van der Waals surface area contributed by atoms with Crippen LogP contribution in [0, 0.1) is 13.8 Å². The molecule has 2 N–H and O–H groups in total. The van der Waals surface area contributed by atoms with E-state index in [2.05, 4.69) is 15.6 Å². The zero-order chi connectivity index (χ0) is 18.7. The molecule has 0 saturated heterocycles. The smallest absolute Gasteiger partial charge is 0.244 e. The molecule has 1 heterocycles. The standard InChI is InChI=1S/C20H22N4O2/c1-13-7-6-9-16(14(13)2)23-20(26)12-24-18-10-5-4-8-17(18)22-19(24)11-21-15(3)25/h4-10H,11-12H2,1-3H3,(H,21,25)(H,23,26). The Morgan fingerprint density at radius 3 is 2.62 bits per heavy atom. The van der Waals surface area contributed by atoms with Crippen LogP contribution in [0.25, 0.3) is 11.0 Å². The monoisotopic (exact) mass is 350 g/mol. The molecular weight excluding hydrogens is 328 g/mol. The van der Waals surface area contributed by atoms with Crippen molar-refractivity contribution in [2.24, 2.45) is 0 Å². The van der Waals surface area contributed by atoms with E-state index < -0.39 is 0 Å². The number of fused-ring (bicyclic) bond motifs is 1. The molecule has 0 saturated carbocycles. The molecule has 26 heavy (non-hydrogen) atoms. The molecule has 0 aliphatic rings. The van der Waals surface area contributed by atoms with Gasteiger partial charge in [-0.25, -0.2) is 4.98 Å². The summed E-state index contributed by atoms with van der Waals surface area (Å²) in [5, 5.41) is 5.72. The Bertz CT molecular complexity index is 975.